The first-order valence-corrected chi connectivity index (χ1v) is 6.16. The molecule has 0 aliphatic carbocycles. The first-order chi connectivity index (χ1) is 8.20. The topological polar surface area (TPSA) is 64.7 Å². The quantitative estimate of drug-likeness (QED) is 0.941. The van der Waals surface area contributed by atoms with E-state index < -0.39 is 0 Å². The van der Waals surface area contributed by atoms with Gasteiger partial charge in [0.05, 0.1) is 0 Å². The van der Waals surface area contributed by atoms with Crippen LogP contribution >= 0.6 is 15.9 Å². The Bertz CT molecular complexity index is 528. The Kier molecular flexibility index (Phi) is 3.81. The largest absolute Gasteiger partial charge is 0.330 e. The van der Waals surface area contributed by atoms with Crippen LogP contribution in [0.5, 0.6) is 0 Å². The lowest BCUT2D eigenvalue weighted by Gasteiger charge is -2.06. The summed E-state index contributed by atoms with van der Waals surface area (Å²) in [7, 11) is 0. The Labute approximate surface area is 108 Å². The zero-order valence-corrected chi connectivity index (χ0v) is 11.1. The number of nitrogens with zero attached hydrogens (tertiary/aromatic N) is 3. The highest BCUT2D eigenvalue weighted by Crippen LogP contribution is 2.24. The summed E-state index contributed by atoms with van der Waals surface area (Å²) < 4.78 is 0.976. The van der Waals surface area contributed by atoms with Crippen molar-refractivity contribution < 1.29 is 0 Å². The number of rotatable bonds is 3. The van der Waals surface area contributed by atoms with Gasteiger partial charge in [0.25, 0.3) is 0 Å². The van der Waals surface area contributed by atoms with E-state index >= 15 is 0 Å². The summed E-state index contributed by atoms with van der Waals surface area (Å²) in [5.74, 6) is 2.15. The van der Waals surface area contributed by atoms with Crippen LogP contribution in [0.1, 0.15) is 11.6 Å². The van der Waals surface area contributed by atoms with E-state index in [1.807, 2.05) is 31.2 Å². The highest BCUT2D eigenvalue weighted by Gasteiger charge is 2.08. The number of aromatic nitrogens is 3. The van der Waals surface area contributed by atoms with Crippen molar-refractivity contribution in [3.8, 4) is 11.4 Å². The fraction of sp³-hybridized carbons (Fsp3) is 0.250. The molecular weight excluding hydrogens is 280 g/mol. The third kappa shape index (κ3) is 2.87. The van der Waals surface area contributed by atoms with Crippen LogP contribution in [0.15, 0.2) is 28.7 Å². The minimum absolute atomic E-state index is 0.541. The second kappa shape index (κ2) is 5.33. The van der Waals surface area contributed by atoms with Gasteiger partial charge in [0, 0.05) is 16.5 Å². The molecule has 4 nitrogen and oxygen atoms in total. The van der Waals surface area contributed by atoms with Crippen molar-refractivity contribution >= 4 is 15.9 Å². The molecule has 0 aliphatic rings. The van der Waals surface area contributed by atoms with E-state index in [0.717, 1.165) is 15.9 Å². The van der Waals surface area contributed by atoms with E-state index in [9.17, 15) is 0 Å². The maximum absolute atomic E-state index is 5.52. The monoisotopic (exact) mass is 292 g/mol. The zero-order chi connectivity index (χ0) is 12.3. The van der Waals surface area contributed by atoms with Crippen LogP contribution in [0, 0.1) is 6.92 Å². The Hall–Kier alpha value is -1.33. The van der Waals surface area contributed by atoms with E-state index in [4.69, 9.17) is 5.73 Å². The highest BCUT2D eigenvalue weighted by atomic mass is 79.9. The first-order valence-electron chi connectivity index (χ1n) is 5.37. The van der Waals surface area contributed by atoms with E-state index in [-0.39, 0.29) is 0 Å². The molecule has 0 unspecified atom stereocenters. The van der Waals surface area contributed by atoms with E-state index in [1.54, 1.807) is 0 Å². The number of halogens is 1. The zero-order valence-electron chi connectivity index (χ0n) is 9.52. The van der Waals surface area contributed by atoms with Crippen LogP contribution in [0.2, 0.25) is 0 Å². The Morgan fingerprint density at radius 3 is 2.65 bits per heavy atom. The van der Waals surface area contributed by atoms with Gasteiger partial charge in [0.1, 0.15) is 11.6 Å². The minimum atomic E-state index is 0.541. The second-order valence-corrected chi connectivity index (χ2v) is 4.50. The van der Waals surface area contributed by atoms with Gasteiger partial charge in [0.15, 0.2) is 5.82 Å². The average Bonchev–Trinajstić information content (AvgIpc) is 2.29. The molecule has 2 rings (SSSR count). The van der Waals surface area contributed by atoms with Crippen molar-refractivity contribution in [2.45, 2.75) is 13.3 Å². The maximum Gasteiger partial charge on any atom is 0.164 e. The average molecular weight is 293 g/mol. The van der Waals surface area contributed by atoms with Crippen molar-refractivity contribution in [1.82, 2.24) is 15.0 Å². The van der Waals surface area contributed by atoms with Crippen LogP contribution in [-0.4, -0.2) is 21.5 Å². The summed E-state index contributed by atoms with van der Waals surface area (Å²) in [5, 5.41) is 0. The fourth-order valence-corrected chi connectivity index (χ4v) is 2.00. The summed E-state index contributed by atoms with van der Waals surface area (Å²) in [6, 6.07) is 7.87. The molecule has 2 N–H and O–H groups in total. The summed E-state index contributed by atoms with van der Waals surface area (Å²) in [6.07, 6.45) is 0.667. The van der Waals surface area contributed by atoms with Crippen molar-refractivity contribution in [2.24, 2.45) is 5.73 Å². The molecule has 0 fully saturated rings. The molecule has 0 amide bonds. The van der Waals surface area contributed by atoms with Gasteiger partial charge in [0.2, 0.25) is 0 Å². The van der Waals surface area contributed by atoms with Crippen molar-refractivity contribution in [3.05, 3.63) is 40.4 Å². The van der Waals surface area contributed by atoms with Gasteiger partial charge in [-0.15, -0.1) is 0 Å². The molecule has 0 spiro atoms. The second-order valence-electron chi connectivity index (χ2n) is 3.64. The fourth-order valence-electron chi connectivity index (χ4n) is 1.54. The number of nitrogens with two attached hydrogens (primary N) is 1. The van der Waals surface area contributed by atoms with E-state index in [2.05, 4.69) is 30.9 Å². The maximum atomic E-state index is 5.52. The molecule has 1 aromatic carbocycles. The number of hydrogen-bond donors (Lipinski definition) is 1. The highest BCUT2D eigenvalue weighted by molar-refractivity contribution is 9.10. The van der Waals surface area contributed by atoms with Crippen LogP contribution in [-0.2, 0) is 6.42 Å². The van der Waals surface area contributed by atoms with Gasteiger partial charge in [-0.3, -0.25) is 0 Å². The van der Waals surface area contributed by atoms with Crippen molar-refractivity contribution in [3.63, 3.8) is 0 Å². The Morgan fingerprint density at radius 1 is 1.18 bits per heavy atom. The predicted octanol–water partition coefficient (Wildman–Crippen LogP) is 2.11. The Balaban J connectivity index is 2.48. The normalized spacial score (nSPS) is 10.5. The molecule has 1 heterocycles. The Morgan fingerprint density at radius 2 is 1.94 bits per heavy atom. The summed E-state index contributed by atoms with van der Waals surface area (Å²) in [5.41, 5.74) is 6.49. The van der Waals surface area contributed by atoms with Crippen LogP contribution < -0.4 is 5.73 Å². The minimum Gasteiger partial charge on any atom is -0.330 e. The number of hydrogen-bond acceptors (Lipinski definition) is 4. The summed E-state index contributed by atoms with van der Waals surface area (Å²) >= 11 is 3.50. The summed E-state index contributed by atoms with van der Waals surface area (Å²) in [4.78, 5) is 13.0. The first kappa shape index (κ1) is 12.1. The molecule has 2 aromatic rings. The molecule has 0 saturated heterocycles. The van der Waals surface area contributed by atoms with Gasteiger partial charge >= 0.3 is 0 Å². The summed E-state index contributed by atoms with van der Waals surface area (Å²) in [6.45, 7) is 2.40. The molecule has 0 radical (unpaired) electrons. The number of aryl methyl sites for hydroxylation is 1. The van der Waals surface area contributed by atoms with Gasteiger partial charge < -0.3 is 5.73 Å². The molecule has 0 bridgehead atoms. The van der Waals surface area contributed by atoms with Gasteiger partial charge in [-0.2, -0.15) is 0 Å². The smallest absolute Gasteiger partial charge is 0.164 e. The predicted molar refractivity (Wildman–Crippen MR) is 70.5 cm³/mol. The lowest BCUT2D eigenvalue weighted by atomic mass is 10.2. The molecule has 5 heteroatoms. The SMILES string of the molecule is Cc1nc(CCN)nc(-c2ccccc2Br)n1. The third-order valence-corrected chi connectivity index (χ3v) is 2.97. The van der Waals surface area contributed by atoms with Crippen molar-refractivity contribution in [1.29, 1.82) is 0 Å². The molecular formula is C12H13BrN4. The van der Waals surface area contributed by atoms with Crippen LogP contribution in [0.4, 0.5) is 0 Å². The lowest BCUT2D eigenvalue weighted by molar-refractivity contribution is 0.827. The van der Waals surface area contributed by atoms with Crippen LogP contribution in [0.3, 0.4) is 0 Å². The molecule has 0 aliphatic heterocycles. The van der Waals surface area contributed by atoms with E-state index in [0.29, 0.717) is 24.6 Å². The van der Waals surface area contributed by atoms with Crippen molar-refractivity contribution in [2.75, 3.05) is 6.54 Å². The lowest BCUT2D eigenvalue weighted by Crippen LogP contribution is -2.09. The van der Waals surface area contributed by atoms with Gasteiger partial charge in [-0.05, 0) is 19.5 Å². The number of benzene rings is 1. The molecule has 0 atom stereocenters. The molecule has 0 saturated carbocycles. The van der Waals surface area contributed by atoms with E-state index in [1.165, 1.54) is 0 Å². The third-order valence-electron chi connectivity index (χ3n) is 2.28. The molecule has 88 valence electrons. The molecule has 17 heavy (non-hydrogen) atoms. The standard InChI is InChI=1S/C12H13BrN4/c1-8-15-11(6-7-14)17-12(16-8)9-4-2-3-5-10(9)13/h2-5H,6-7,14H2,1H3. The van der Waals surface area contributed by atoms with Gasteiger partial charge in [-0.1, -0.05) is 34.1 Å². The molecule has 1 aromatic heterocycles. The van der Waals surface area contributed by atoms with Crippen LogP contribution in [0.25, 0.3) is 11.4 Å². The van der Waals surface area contributed by atoms with Gasteiger partial charge in [-0.25, -0.2) is 15.0 Å².